The predicted octanol–water partition coefficient (Wildman–Crippen LogP) is 3.05. The maximum absolute atomic E-state index is 13.3. The van der Waals surface area contributed by atoms with E-state index in [0.717, 1.165) is 28.2 Å². The van der Waals surface area contributed by atoms with Crippen LogP contribution in [0.3, 0.4) is 0 Å². The van der Waals surface area contributed by atoms with Crippen molar-refractivity contribution in [2.45, 2.75) is 18.8 Å². The van der Waals surface area contributed by atoms with E-state index in [9.17, 15) is 9.50 Å². The Bertz CT molecular complexity index is 638. The fraction of sp³-hybridized carbons (Fsp3) is 0.231. The fourth-order valence-corrected chi connectivity index (χ4v) is 2.62. The van der Waals surface area contributed by atoms with Gasteiger partial charge in [-0.3, -0.25) is 0 Å². The summed E-state index contributed by atoms with van der Waals surface area (Å²) in [5.41, 5.74) is 7.24. The van der Waals surface area contributed by atoms with Crippen LogP contribution < -0.4 is 5.73 Å². The molecule has 1 heterocycles. The Morgan fingerprint density at radius 3 is 2.63 bits per heavy atom. The zero-order valence-corrected chi connectivity index (χ0v) is 12.1. The number of hydrogen-bond donors (Lipinski definition) is 2. The van der Waals surface area contributed by atoms with Gasteiger partial charge in [0.15, 0.2) is 5.82 Å². The highest BCUT2D eigenvalue weighted by Gasteiger charge is 2.29. The standard InChI is InChI=1S/C13H11FIN3O/c14-8-3-7(4-9(19)5-8)13-17-11(6-1-2-6)10(15)12(16)18-13/h3-6,19H,1-2H2,(H2,16,17,18). The normalized spacial score (nSPS) is 14.6. The summed E-state index contributed by atoms with van der Waals surface area (Å²) in [6.45, 7) is 0. The summed E-state index contributed by atoms with van der Waals surface area (Å²) in [6.07, 6.45) is 2.20. The van der Waals surface area contributed by atoms with E-state index in [0.29, 0.717) is 23.1 Å². The zero-order chi connectivity index (χ0) is 13.6. The van der Waals surface area contributed by atoms with Crippen molar-refractivity contribution in [2.75, 3.05) is 5.73 Å². The molecular weight excluding hydrogens is 360 g/mol. The molecule has 0 aliphatic heterocycles. The topological polar surface area (TPSA) is 72.0 Å². The maximum Gasteiger partial charge on any atom is 0.162 e. The first-order chi connectivity index (χ1) is 9.04. The van der Waals surface area contributed by atoms with E-state index < -0.39 is 5.82 Å². The largest absolute Gasteiger partial charge is 0.508 e. The molecule has 6 heteroatoms. The van der Waals surface area contributed by atoms with Gasteiger partial charge in [0.25, 0.3) is 0 Å². The molecule has 0 amide bonds. The molecule has 0 unspecified atom stereocenters. The van der Waals surface area contributed by atoms with E-state index in [1.54, 1.807) is 0 Å². The molecule has 1 aromatic carbocycles. The summed E-state index contributed by atoms with van der Waals surface area (Å²) in [5, 5.41) is 9.44. The molecule has 0 atom stereocenters. The first-order valence-electron chi connectivity index (χ1n) is 5.87. The Kier molecular flexibility index (Phi) is 3.04. The second kappa shape index (κ2) is 4.59. The van der Waals surface area contributed by atoms with E-state index in [4.69, 9.17) is 5.73 Å². The van der Waals surface area contributed by atoms with Gasteiger partial charge in [0.2, 0.25) is 0 Å². The van der Waals surface area contributed by atoms with Gasteiger partial charge in [0, 0.05) is 17.5 Å². The van der Waals surface area contributed by atoms with Crippen LogP contribution in [0.2, 0.25) is 0 Å². The minimum absolute atomic E-state index is 0.149. The molecule has 1 fully saturated rings. The van der Waals surface area contributed by atoms with Crippen molar-refractivity contribution in [3.05, 3.63) is 33.3 Å². The Hall–Kier alpha value is -1.44. The number of rotatable bonds is 2. The lowest BCUT2D eigenvalue weighted by Gasteiger charge is -2.08. The van der Waals surface area contributed by atoms with Gasteiger partial charge >= 0.3 is 0 Å². The average Bonchev–Trinajstić information content (AvgIpc) is 3.15. The van der Waals surface area contributed by atoms with Crippen molar-refractivity contribution >= 4 is 28.4 Å². The van der Waals surface area contributed by atoms with E-state index in [1.807, 2.05) is 0 Å². The molecule has 19 heavy (non-hydrogen) atoms. The number of nitrogens with zero attached hydrogens (tertiary/aromatic N) is 2. The molecule has 3 N–H and O–H groups in total. The average molecular weight is 371 g/mol. The lowest BCUT2D eigenvalue weighted by Crippen LogP contribution is -2.04. The van der Waals surface area contributed by atoms with E-state index in [-0.39, 0.29) is 5.75 Å². The highest BCUT2D eigenvalue weighted by molar-refractivity contribution is 14.1. The van der Waals surface area contributed by atoms with Gasteiger partial charge in [-0.2, -0.15) is 0 Å². The Balaban J connectivity index is 2.14. The van der Waals surface area contributed by atoms with Gasteiger partial charge in [0.1, 0.15) is 17.4 Å². The molecule has 2 aromatic rings. The molecule has 3 rings (SSSR count). The number of anilines is 1. The van der Waals surface area contributed by atoms with Crippen LogP contribution in [0.1, 0.15) is 24.5 Å². The summed E-state index contributed by atoms with van der Waals surface area (Å²) in [4.78, 5) is 8.65. The third-order valence-electron chi connectivity index (χ3n) is 3.01. The number of nitrogen functional groups attached to an aromatic ring is 1. The highest BCUT2D eigenvalue weighted by Crippen LogP contribution is 2.42. The van der Waals surface area contributed by atoms with Gasteiger partial charge in [-0.1, -0.05) is 0 Å². The van der Waals surface area contributed by atoms with Crippen LogP contribution in [0.15, 0.2) is 18.2 Å². The number of benzene rings is 1. The van der Waals surface area contributed by atoms with Crippen LogP contribution in [-0.2, 0) is 0 Å². The summed E-state index contributed by atoms with van der Waals surface area (Å²) in [7, 11) is 0. The number of nitrogens with two attached hydrogens (primary N) is 1. The third kappa shape index (κ3) is 2.49. The van der Waals surface area contributed by atoms with Crippen LogP contribution in [-0.4, -0.2) is 15.1 Å². The van der Waals surface area contributed by atoms with E-state index in [2.05, 4.69) is 32.6 Å². The summed E-state index contributed by atoms with van der Waals surface area (Å²) >= 11 is 2.14. The van der Waals surface area contributed by atoms with Crippen molar-refractivity contribution < 1.29 is 9.50 Å². The molecule has 1 saturated carbocycles. The van der Waals surface area contributed by atoms with E-state index in [1.165, 1.54) is 12.1 Å². The number of phenols is 1. The monoisotopic (exact) mass is 371 g/mol. The van der Waals surface area contributed by atoms with Gasteiger partial charge < -0.3 is 10.8 Å². The Morgan fingerprint density at radius 1 is 1.26 bits per heavy atom. The number of hydrogen-bond acceptors (Lipinski definition) is 4. The number of aromatic nitrogens is 2. The van der Waals surface area contributed by atoms with Gasteiger partial charge in [0.05, 0.1) is 9.26 Å². The van der Waals surface area contributed by atoms with Crippen molar-refractivity contribution in [3.8, 4) is 17.1 Å². The zero-order valence-electron chi connectivity index (χ0n) is 9.90. The molecule has 98 valence electrons. The van der Waals surface area contributed by atoms with Crippen LogP contribution >= 0.6 is 22.6 Å². The van der Waals surface area contributed by atoms with Crippen LogP contribution in [0, 0.1) is 9.39 Å². The second-order valence-electron chi connectivity index (χ2n) is 4.60. The van der Waals surface area contributed by atoms with Crippen LogP contribution in [0.5, 0.6) is 5.75 Å². The lowest BCUT2D eigenvalue weighted by molar-refractivity contribution is 0.469. The predicted molar refractivity (Wildman–Crippen MR) is 78.2 cm³/mol. The molecule has 4 nitrogen and oxygen atoms in total. The molecule has 1 aliphatic carbocycles. The van der Waals surface area contributed by atoms with Crippen LogP contribution in [0.4, 0.5) is 10.2 Å². The van der Waals surface area contributed by atoms with Gasteiger partial charge in [-0.15, -0.1) is 0 Å². The van der Waals surface area contributed by atoms with Crippen molar-refractivity contribution in [1.82, 2.24) is 9.97 Å². The molecule has 0 saturated heterocycles. The number of phenolic OH excluding ortho intramolecular Hbond substituents is 1. The van der Waals surface area contributed by atoms with Crippen molar-refractivity contribution in [2.24, 2.45) is 0 Å². The molecule has 0 bridgehead atoms. The summed E-state index contributed by atoms with van der Waals surface area (Å²) < 4.78 is 14.2. The second-order valence-corrected chi connectivity index (χ2v) is 5.68. The lowest BCUT2D eigenvalue weighted by atomic mass is 10.2. The molecule has 1 aliphatic rings. The number of halogens is 2. The third-order valence-corrected chi connectivity index (χ3v) is 4.11. The summed E-state index contributed by atoms with van der Waals surface area (Å²) in [6, 6.07) is 3.76. The summed E-state index contributed by atoms with van der Waals surface area (Å²) in [5.74, 6) is 0.511. The molecular formula is C13H11FIN3O. The maximum atomic E-state index is 13.3. The Morgan fingerprint density at radius 2 is 2.00 bits per heavy atom. The highest BCUT2D eigenvalue weighted by atomic mass is 127. The SMILES string of the molecule is Nc1nc(-c2cc(O)cc(F)c2)nc(C2CC2)c1I. The first-order valence-corrected chi connectivity index (χ1v) is 6.95. The quantitative estimate of drug-likeness (QED) is 0.797. The van der Waals surface area contributed by atoms with Crippen LogP contribution in [0.25, 0.3) is 11.4 Å². The fourth-order valence-electron chi connectivity index (χ4n) is 1.94. The number of aromatic hydroxyl groups is 1. The first kappa shape index (κ1) is 12.6. The van der Waals surface area contributed by atoms with Gasteiger partial charge in [-0.05, 0) is 47.6 Å². The van der Waals surface area contributed by atoms with E-state index >= 15 is 0 Å². The minimum Gasteiger partial charge on any atom is -0.508 e. The Labute approximate surface area is 123 Å². The van der Waals surface area contributed by atoms with Crippen molar-refractivity contribution in [1.29, 1.82) is 0 Å². The minimum atomic E-state index is -0.524. The molecule has 0 spiro atoms. The van der Waals surface area contributed by atoms with Gasteiger partial charge in [-0.25, -0.2) is 14.4 Å². The van der Waals surface area contributed by atoms with Crippen molar-refractivity contribution in [3.63, 3.8) is 0 Å². The molecule has 0 radical (unpaired) electrons. The molecule has 1 aromatic heterocycles. The smallest absolute Gasteiger partial charge is 0.162 e.